The van der Waals surface area contributed by atoms with Crippen LogP contribution in [-0.4, -0.2) is 24.3 Å². The molecule has 0 amide bonds. The molecule has 0 aliphatic heterocycles. The van der Waals surface area contributed by atoms with E-state index in [0.29, 0.717) is 28.6 Å². The number of benzene rings is 1. The summed E-state index contributed by atoms with van der Waals surface area (Å²) in [7, 11) is 3.11. The van der Waals surface area contributed by atoms with Crippen LogP contribution in [0.25, 0.3) is 0 Å². The SMILES string of the molecule is COc1ccc(Cl)cc1CC(O)c1cccnc1OC. The Morgan fingerprint density at radius 2 is 2.05 bits per heavy atom. The lowest BCUT2D eigenvalue weighted by atomic mass is 10.0. The molecule has 0 fully saturated rings. The van der Waals surface area contributed by atoms with Gasteiger partial charge in [-0.15, -0.1) is 0 Å². The molecular formula is C15H16ClNO3. The Bertz CT molecular complexity index is 589. The Balaban J connectivity index is 2.27. The molecule has 2 rings (SSSR count). The monoisotopic (exact) mass is 293 g/mol. The molecule has 5 heteroatoms. The zero-order valence-corrected chi connectivity index (χ0v) is 12.1. The van der Waals surface area contributed by atoms with Crippen molar-refractivity contribution in [1.82, 2.24) is 4.98 Å². The maximum absolute atomic E-state index is 10.4. The molecule has 0 radical (unpaired) electrons. The highest BCUT2D eigenvalue weighted by atomic mass is 35.5. The van der Waals surface area contributed by atoms with Gasteiger partial charge >= 0.3 is 0 Å². The first-order valence-electron chi connectivity index (χ1n) is 6.15. The minimum atomic E-state index is -0.744. The van der Waals surface area contributed by atoms with Crippen LogP contribution in [0.3, 0.4) is 0 Å². The predicted molar refractivity (Wildman–Crippen MR) is 77.5 cm³/mol. The maximum Gasteiger partial charge on any atom is 0.218 e. The molecule has 0 saturated carbocycles. The van der Waals surface area contributed by atoms with Crippen LogP contribution in [0.15, 0.2) is 36.5 Å². The summed E-state index contributed by atoms with van der Waals surface area (Å²) in [5, 5.41) is 11.0. The number of methoxy groups -OCH3 is 2. The van der Waals surface area contributed by atoms with Gasteiger partial charge in [0.1, 0.15) is 5.75 Å². The van der Waals surface area contributed by atoms with Crippen LogP contribution < -0.4 is 9.47 Å². The van der Waals surface area contributed by atoms with E-state index in [9.17, 15) is 5.11 Å². The second kappa shape index (κ2) is 6.59. The molecule has 4 nitrogen and oxygen atoms in total. The highest BCUT2D eigenvalue weighted by molar-refractivity contribution is 6.30. The molecule has 0 aliphatic rings. The summed E-state index contributed by atoms with van der Waals surface area (Å²) < 4.78 is 10.4. The van der Waals surface area contributed by atoms with E-state index < -0.39 is 6.10 Å². The van der Waals surface area contributed by atoms with Gasteiger partial charge in [-0.25, -0.2) is 4.98 Å². The van der Waals surface area contributed by atoms with Crippen molar-refractivity contribution < 1.29 is 14.6 Å². The first-order valence-corrected chi connectivity index (χ1v) is 6.53. The summed E-state index contributed by atoms with van der Waals surface area (Å²) in [6.45, 7) is 0. The van der Waals surface area contributed by atoms with Gasteiger partial charge < -0.3 is 14.6 Å². The Morgan fingerprint density at radius 3 is 2.75 bits per heavy atom. The molecule has 0 saturated heterocycles. The number of nitrogens with zero attached hydrogens (tertiary/aromatic N) is 1. The molecule has 1 aromatic carbocycles. The van der Waals surface area contributed by atoms with Crippen molar-refractivity contribution in [3.8, 4) is 11.6 Å². The lowest BCUT2D eigenvalue weighted by molar-refractivity contribution is 0.171. The van der Waals surface area contributed by atoms with E-state index in [-0.39, 0.29) is 0 Å². The number of rotatable bonds is 5. The third-order valence-electron chi connectivity index (χ3n) is 3.01. The minimum absolute atomic E-state index is 0.367. The van der Waals surface area contributed by atoms with Gasteiger partial charge in [-0.2, -0.15) is 0 Å². The number of hydrogen-bond donors (Lipinski definition) is 1. The summed E-state index contributed by atoms with van der Waals surface area (Å²) in [6.07, 6.45) is 1.24. The largest absolute Gasteiger partial charge is 0.496 e. The van der Waals surface area contributed by atoms with Crippen LogP contribution in [0.1, 0.15) is 17.2 Å². The van der Waals surface area contributed by atoms with Crippen molar-refractivity contribution >= 4 is 11.6 Å². The average molecular weight is 294 g/mol. The number of aliphatic hydroxyl groups excluding tert-OH is 1. The van der Waals surface area contributed by atoms with Crippen molar-refractivity contribution in [2.24, 2.45) is 0 Å². The summed E-state index contributed by atoms with van der Waals surface area (Å²) in [6, 6.07) is 8.86. The molecular weight excluding hydrogens is 278 g/mol. The predicted octanol–water partition coefficient (Wildman–Crippen LogP) is 3.03. The van der Waals surface area contributed by atoms with Crippen molar-refractivity contribution in [1.29, 1.82) is 0 Å². The summed E-state index contributed by atoms with van der Waals surface area (Å²) in [5.74, 6) is 1.11. The van der Waals surface area contributed by atoms with Crippen molar-refractivity contribution in [2.45, 2.75) is 12.5 Å². The van der Waals surface area contributed by atoms with Crippen LogP contribution >= 0.6 is 11.6 Å². The molecule has 0 bridgehead atoms. The van der Waals surface area contributed by atoms with Crippen LogP contribution in [0.2, 0.25) is 5.02 Å². The topological polar surface area (TPSA) is 51.6 Å². The zero-order valence-electron chi connectivity index (χ0n) is 11.3. The molecule has 1 aromatic heterocycles. The molecule has 1 heterocycles. The Hall–Kier alpha value is -1.78. The molecule has 20 heavy (non-hydrogen) atoms. The second-order valence-corrected chi connectivity index (χ2v) is 4.71. The van der Waals surface area contributed by atoms with Gasteiger partial charge in [0.15, 0.2) is 0 Å². The molecule has 1 N–H and O–H groups in total. The van der Waals surface area contributed by atoms with E-state index in [1.54, 1.807) is 43.6 Å². The van der Waals surface area contributed by atoms with E-state index in [0.717, 1.165) is 5.56 Å². The fourth-order valence-electron chi connectivity index (χ4n) is 2.05. The fraction of sp³-hybridized carbons (Fsp3) is 0.267. The van der Waals surface area contributed by atoms with Gasteiger partial charge in [-0.05, 0) is 35.9 Å². The number of aliphatic hydroxyl groups is 1. The normalized spacial score (nSPS) is 12.0. The van der Waals surface area contributed by atoms with Gasteiger partial charge in [0.05, 0.1) is 20.3 Å². The van der Waals surface area contributed by atoms with Crippen molar-refractivity contribution in [3.63, 3.8) is 0 Å². The summed E-state index contributed by atoms with van der Waals surface area (Å²) in [4.78, 5) is 4.08. The fourth-order valence-corrected chi connectivity index (χ4v) is 2.25. The minimum Gasteiger partial charge on any atom is -0.496 e. The van der Waals surface area contributed by atoms with Gasteiger partial charge in [0.2, 0.25) is 5.88 Å². The van der Waals surface area contributed by atoms with Gasteiger partial charge in [-0.3, -0.25) is 0 Å². The second-order valence-electron chi connectivity index (χ2n) is 4.28. The summed E-state index contributed by atoms with van der Waals surface area (Å²) >= 11 is 5.99. The molecule has 1 unspecified atom stereocenters. The van der Waals surface area contributed by atoms with Crippen LogP contribution in [-0.2, 0) is 6.42 Å². The lowest BCUT2D eigenvalue weighted by Crippen LogP contribution is -2.06. The van der Waals surface area contributed by atoms with Crippen LogP contribution in [0.4, 0.5) is 0 Å². The zero-order chi connectivity index (χ0) is 14.5. The number of halogens is 1. The molecule has 106 valence electrons. The number of ether oxygens (including phenoxy) is 2. The molecule has 0 aliphatic carbocycles. The number of aromatic nitrogens is 1. The third-order valence-corrected chi connectivity index (χ3v) is 3.24. The Labute approximate surface area is 122 Å². The van der Waals surface area contributed by atoms with E-state index >= 15 is 0 Å². The Morgan fingerprint density at radius 1 is 1.25 bits per heavy atom. The van der Waals surface area contributed by atoms with E-state index in [4.69, 9.17) is 21.1 Å². The summed E-state index contributed by atoms with van der Waals surface area (Å²) in [5.41, 5.74) is 1.47. The highest BCUT2D eigenvalue weighted by Crippen LogP contribution is 2.30. The van der Waals surface area contributed by atoms with Crippen molar-refractivity contribution in [2.75, 3.05) is 14.2 Å². The molecule has 0 spiro atoms. The van der Waals surface area contributed by atoms with Gasteiger partial charge in [0, 0.05) is 23.2 Å². The first kappa shape index (κ1) is 14.6. The number of hydrogen-bond acceptors (Lipinski definition) is 4. The van der Waals surface area contributed by atoms with E-state index in [1.807, 2.05) is 0 Å². The molecule has 2 aromatic rings. The van der Waals surface area contributed by atoms with E-state index in [1.165, 1.54) is 7.11 Å². The maximum atomic E-state index is 10.4. The Kier molecular flexibility index (Phi) is 4.82. The van der Waals surface area contributed by atoms with E-state index in [2.05, 4.69) is 4.98 Å². The van der Waals surface area contributed by atoms with Crippen LogP contribution in [0, 0.1) is 0 Å². The van der Waals surface area contributed by atoms with Crippen LogP contribution in [0.5, 0.6) is 11.6 Å². The first-order chi connectivity index (χ1) is 9.65. The quantitative estimate of drug-likeness (QED) is 0.920. The number of pyridine rings is 1. The lowest BCUT2D eigenvalue weighted by Gasteiger charge is -2.15. The average Bonchev–Trinajstić information content (AvgIpc) is 2.47. The molecule has 1 atom stereocenters. The standard InChI is InChI=1S/C15H16ClNO3/c1-19-14-6-5-11(16)8-10(14)9-13(18)12-4-3-7-17-15(12)20-2/h3-8,13,18H,9H2,1-2H3. The smallest absolute Gasteiger partial charge is 0.218 e. The van der Waals surface area contributed by atoms with Gasteiger partial charge in [0.25, 0.3) is 0 Å². The van der Waals surface area contributed by atoms with Crippen molar-refractivity contribution in [3.05, 3.63) is 52.7 Å². The highest BCUT2D eigenvalue weighted by Gasteiger charge is 2.16. The van der Waals surface area contributed by atoms with Gasteiger partial charge in [-0.1, -0.05) is 11.6 Å². The third kappa shape index (κ3) is 3.21.